The second-order valence-electron chi connectivity index (χ2n) is 3.79. The van der Waals surface area contributed by atoms with Crippen molar-refractivity contribution in [2.24, 2.45) is 0 Å². The molecule has 0 N–H and O–H groups in total. The topological polar surface area (TPSA) is 54.0 Å². The molecule has 5 nitrogen and oxygen atoms in total. The Morgan fingerprint density at radius 1 is 1.24 bits per heavy atom. The number of rotatable bonds is 8. The molecule has 0 amide bonds. The third-order valence-electron chi connectivity index (χ3n) is 2.30. The predicted molar refractivity (Wildman–Crippen MR) is 72.4 cm³/mol. The van der Waals surface area contributed by atoms with Crippen molar-refractivity contribution < 1.29 is 32.5 Å². The van der Waals surface area contributed by atoms with E-state index in [-0.39, 0.29) is 11.9 Å². The molecule has 0 spiro atoms. The number of ether oxygens (including phenoxy) is 4. The van der Waals surface area contributed by atoms with Gasteiger partial charge in [-0.05, 0) is 24.6 Å². The first-order valence-corrected chi connectivity index (χ1v) is 6.16. The Morgan fingerprint density at radius 2 is 1.90 bits per heavy atom. The van der Waals surface area contributed by atoms with Crippen LogP contribution in [-0.4, -0.2) is 40.5 Å². The number of benzene rings is 1. The lowest BCUT2D eigenvalue weighted by Gasteiger charge is -2.14. The molecule has 0 aromatic heterocycles. The zero-order chi connectivity index (χ0) is 16.1. The molecule has 21 heavy (non-hydrogen) atoms. The second kappa shape index (κ2) is 12.0. The van der Waals surface area contributed by atoms with Gasteiger partial charge in [-0.3, -0.25) is 4.79 Å². The Bertz CT molecular complexity index is 387. The van der Waals surface area contributed by atoms with Crippen molar-refractivity contribution in [1.29, 1.82) is 0 Å². The Hall–Kier alpha value is -1.73. The van der Waals surface area contributed by atoms with Gasteiger partial charge < -0.3 is 18.9 Å². The van der Waals surface area contributed by atoms with E-state index in [9.17, 15) is 8.78 Å². The molecule has 120 valence electrons. The average Bonchev–Trinajstić information content (AvgIpc) is 2.47. The van der Waals surface area contributed by atoms with Crippen molar-refractivity contribution in [1.82, 2.24) is 0 Å². The van der Waals surface area contributed by atoms with Crippen molar-refractivity contribution in [2.75, 3.05) is 27.4 Å². The molecule has 1 atom stereocenters. The van der Waals surface area contributed by atoms with Crippen LogP contribution in [0.4, 0.5) is 8.78 Å². The van der Waals surface area contributed by atoms with Gasteiger partial charge in [-0.1, -0.05) is 12.1 Å². The first kappa shape index (κ1) is 19.3. The Balaban J connectivity index is 0.000000885. The maximum atomic E-state index is 12.0. The van der Waals surface area contributed by atoms with Gasteiger partial charge in [-0.2, -0.15) is 8.78 Å². The lowest BCUT2D eigenvalue weighted by molar-refractivity contribution is -0.126. The van der Waals surface area contributed by atoms with E-state index in [1.165, 1.54) is 13.2 Å². The van der Waals surface area contributed by atoms with Crippen LogP contribution in [0.15, 0.2) is 24.3 Å². The molecule has 0 radical (unpaired) electrons. The standard InChI is InChI=1S/C12H16F2O3.C2H4O2/c1-9(16-7-6-15-2)10-4-3-5-11(8-10)17-12(13)14;1-4-2-3/h3-5,8-9,12H,6-7H2,1-2H3;2H,1H3. The van der Waals surface area contributed by atoms with E-state index in [4.69, 9.17) is 14.3 Å². The van der Waals surface area contributed by atoms with Gasteiger partial charge in [0.15, 0.2) is 0 Å². The van der Waals surface area contributed by atoms with Crippen LogP contribution in [-0.2, 0) is 19.0 Å². The first-order chi connectivity index (χ1) is 10.0. The summed E-state index contributed by atoms with van der Waals surface area (Å²) in [6, 6.07) is 6.49. The van der Waals surface area contributed by atoms with Crippen LogP contribution >= 0.6 is 0 Å². The third-order valence-corrected chi connectivity index (χ3v) is 2.30. The normalized spacial score (nSPS) is 11.3. The molecular weight excluding hydrogens is 286 g/mol. The lowest BCUT2D eigenvalue weighted by atomic mass is 10.1. The monoisotopic (exact) mass is 306 g/mol. The van der Waals surface area contributed by atoms with Gasteiger partial charge >= 0.3 is 6.61 Å². The van der Waals surface area contributed by atoms with Gasteiger partial charge in [-0.15, -0.1) is 0 Å². The van der Waals surface area contributed by atoms with E-state index in [0.717, 1.165) is 5.56 Å². The number of hydrogen-bond donors (Lipinski definition) is 0. The highest BCUT2D eigenvalue weighted by atomic mass is 19.3. The lowest BCUT2D eigenvalue weighted by Crippen LogP contribution is -2.07. The summed E-state index contributed by atoms with van der Waals surface area (Å²) in [5.74, 6) is 0.139. The summed E-state index contributed by atoms with van der Waals surface area (Å²) in [7, 11) is 2.90. The number of carbonyl (C=O) groups is 1. The Kier molecular flexibility index (Phi) is 11.1. The summed E-state index contributed by atoms with van der Waals surface area (Å²) in [5, 5.41) is 0. The molecule has 0 saturated heterocycles. The molecule has 1 rings (SSSR count). The molecule has 0 bridgehead atoms. The van der Waals surface area contributed by atoms with Crippen molar-refractivity contribution >= 4 is 6.47 Å². The summed E-state index contributed by atoms with van der Waals surface area (Å²) in [5.41, 5.74) is 0.791. The molecule has 0 aliphatic rings. The third kappa shape index (κ3) is 9.75. The highest BCUT2D eigenvalue weighted by Gasteiger charge is 2.09. The zero-order valence-electron chi connectivity index (χ0n) is 12.3. The van der Waals surface area contributed by atoms with Crippen molar-refractivity contribution in [3.8, 4) is 5.75 Å². The summed E-state index contributed by atoms with van der Waals surface area (Å²) >= 11 is 0. The van der Waals surface area contributed by atoms with Crippen LogP contribution in [0.2, 0.25) is 0 Å². The molecule has 0 heterocycles. The molecule has 1 unspecified atom stereocenters. The molecule has 0 fully saturated rings. The van der Waals surface area contributed by atoms with Gasteiger partial charge in [0.1, 0.15) is 5.75 Å². The maximum absolute atomic E-state index is 12.0. The quantitative estimate of drug-likeness (QED) is 0.546. The van der Waals surface area contributed by atoms with Gasteiger partial charge in [-0.25, -0.2) is 0 Å². The van der Waals surface area contributed by atoms with Crippen LogP contribution < -0.4 is 4.74 Å². The molecule has 0 aliphatic carbocycles. The highest BCUT2D eigenvalue weighted by molar-refractivity contribution is 5.36. The summed E-state index contributed by atoms with van der Waals surface area (Å²) in [6.45, 7) is 0.363. The average molecular weight is 306 g/mol. The zero-order valence-corrected chi connectivity index (χ0v) is 12.3. The van der Waals surface area contributed by atoms with Gasteiger partial charge in [0.05, 0.1) is 26.4 Å². The number of methoxy groups -OCH3 is 2. The number of hydrogen-bond acceptors (Lipinski definition) is 5. The SMILES string of the molecule is COC=O.COCCOC(C)c1cccc(OC(F)F)c1. The predicted octanol–water partition coefficient (Wildman–Crippen LogP) is 2.80. The molecule has 1 aromatic carbocycles. The molecule has 1 aromatic rings. The summed E-state index contributed by atoms with van der Waals surface area (Å²) < 4.78 is 42.6. The van der Waals surface area contributed by atoms with Crippen LogP contribution in [0, 0.1) is 0 Å². The van der Waals surface area contributed by atoms with Crippen molar-refractivity contribution in [3.63, 3.8) is 0 Å². The van der Waals surface area contributed by atoms with Crippen LogP contribution in [0.25, 0.3) is 0 Å². The molecule has 0 saturated carbocycles. The number of halogens is 2. The summed E-state index contributed by atoms with van der Waals surface area (Å²) in [6.07, 6.45) is -0.189. The van der Waals surface area contributed by atoms with Crippen molar-refractivity contribution in [3.05, 3.63) is 29.8 Å². The van der Waals surface area contributed by atoms with E-state index in [1.54, 1.807) is 25.3 Å². The number of carbonyl (C=O) groups excluding carboxylic acids is 1. The van der Waals surface area contributed by atoms with Crippen LogP contribution in [0.3, 0.4) is 0 Å². The van der Waals surface area contributed by atoms with Gasteiger partial charge in [0, 0.05) is 7.11 Å². The van der Waals surface area contributed by atoms with E-state index >= 15 is 0 Å². The molecule has 0 aliphatic heterocycles. The minimum absolute atomic E-state index is 0.139. The van der Waals surface area contributed by atoms with Crippen molar-refractivity contribution in [2.45, 2.75) is 19.6 Å². The van der Waals surface area contributed by atoms with E-state index in [0.29, 0.717) is 19.7 Å². The Morgan fingerprint density at radius 3 is 2.43 bits per heavy atom. The molecule has 7 heteroatoms. The van der Waals surface area contributed by atoms with Crippen LogP contribution in [0.5, 0.6) is 5.75 Å². The maximum Gasteiger partial charge on any atom is 0.387 e. The largest absolute Gasteiger partial charge is 0.471 e. The van der Waals surface area contributed by atoms with E-state index in [1.807, 2.05) is 6.92 Å². The first-order valence-electron chi connectivity index (χ1n) is 6.16. The fourth-order valence-corrected chi connectivity index (χ4v) is 1.35. The van der Waals surface area contributed by atoms with Crippen LogP contribution in [0.1, 0.15) is 18.6 Å². The van der Waals surface area contributed by atoms with E-state index in [2.05, 4.69) is 9.47 Å². The Labute approximate surface area is 122 Å². The van der Waals surface area contributed by atoms with Gasteiger partial charge in [0.25, 0.3) is 6.47 Å². The number of alkyl halides is 2. The van der Waals surface area contributed by atoms with Gasteiger partial charge in [0.2, 0.25) is 0 Å². The fraction of sp³-hybridized carbons (Fsp3) is 0.500. The second-order valence-corrected chi connectivity index (χ2v) is 3.79. The van der Waals surface area contributed by atoms with E-state index < -0.39 is 6.61 Å². The minimum atomic E-state index is -2.81. The fourth-order valence-electron chi connectivity index (χ4n) is 1.35. The minimum Gasteiger partial charge on any atom is -0.471 e. The molecular formula is C14H20F2O5. The summed E-state index contributed by atoms with van der Waals surface area (Å²) in [4.78, 5) is 8.95. The smallest absolute Gasteiger partial charge is 0.387 e. The highest BCUT2D eigenvalue weighted by Crippen LogP contribution is 2.22.